The molecule has 0 aliphatic carbocycles. The van der Waals surface area contributed by atoms with Crippen molar-refractivity contribution < 1.29 is 4.79 Å². The maximum absolute atomic E-state index is 12.6. The molecule has 0 bridgehead atoms. The third kappa shape index (κ3) is 2.88. The first-order chi connectivity index (χ1) is 12.6. The summed E-state index contributed by atoms with van der Waals surface area (Å²) in [5, 5.41) is 8.30. The van der Waals surface area contributed by atoms with Gasteiger partial charge in [-0.3, -0.25) is 4.79 Å². The highest BCUT2D eigenvalue weighted by molar-refractivity contribution is 5.99. The molecule has 0 aliphatic heterocycles. The van der Waals surface area contributed by atoms with Gasteiger partial charge < -0.3 is 9.88 Å². The molecular formula is C21H20N4O. The summed E-state index contributed by atoms with van der Waals surface area (Å²) in [4.78, 5) is 12.6. The van der Waals surface area contributed by atoms with Gasteiger partial charge in [0.05, 0.1) is 11.2 Å². The predicted octanol–water partition coefficient (Wildman–Crippen LogP) is 3.60. The van der Waals surface area contributed by atoms with E-state index in [0.717, 1.165) is 22.2 Å². The molecule has 0 aliphatic rings. The van der Waals surface area contributed by atoms with Crippen LogP contribution in [0.5, 0.6) is 0 Å². The zero-order valence-electron chi connectivity index (χ0n) is 14.8. The lowest BCUT2D eigenvalue weighted by Crippen LogP contribution is -2.24. The second kappa shape index (κ2) is 6.52. The van der Waals surface area contributed by atoms with Crippen LogP contribution in [-0.2, 0) is 13.6 Å². The summed E-state index contributed by atoms with van der Waals surface area (Å²) in [7, 11) is 1.93. The van der Waals surface area contributed by atoms with Crippen LogP contribution in [0.2, 0.25) is 0 Å². The van der Waals surface area contributed by atoms with Gasteiger partial charge >= 0.3 is 0 Å². The minimum absolute atomic E-state index is 0.0701. The van der Waals surface area contributed by atoms with Crippen molar-refractivity contribution in [2.45, 2.75) is 13.5 Å². The summed E-state index contributed by atoms with van der Waals surface area (Å²) >= 11 is 0. The number of rotatable bonds is 4. The summed E-state index contributed by atoms with van der Waals surface area (Å²) in [5.41, 5.74) is 4.97. The summed E-state index contributed by atoms with van der Waals surface area (Å²) in [6.07, 6.45) is 3.65. The molecule has 0 saturated heterocycles. The van der Waals surface area contributed by atoms with Crippen LogP contribution in [0.1, 0.15) is 21.6 Å². The molecule has 2 aromatic heterocycles. The number of carbonyl (C=O) groups excluding carboxylic acids is 1. The third-order valence-electron chi connectivity index (χ3n) is 4.65. The van der Waals surface area contributed by atoms with E-state index >= 15 is 0 Å². The van der Waals surface area contributed by atoms with Gasteiger partial charge in [-0.2, -0.15) is 5.10 Å². The molecular weight excluding hydrogens is 324 g/mol. The number of nitrogens with zero attached hydrogens (tertiary/aromatic N) is 3. The Morgan fingerprint density at radius 1 is 1.12 bits per heavy atom. The van der Waals surface area contributed by atoms with Crippen molar-refractivity contribution in [3.8, 4) is 5.69 Å². The summed E-state index contributed by atoms with van der Waals surface area (Å²) < 4.78 is 3.76. The van der Waals surface area contributed by atoms with Gasteiger partial charge in [0.15, 0.2) is 0 Å². The topological polar surface area (TPSA) is 51.9 Å². The molecule has 0 saturated carbocycles. The van der Waals surface area contributed by atoms with Gasteiger partial charge in [-0.1, -0.05) is 30.3 Å². The fourth-order valence-electron chi connectivity index (χ4n) is 3.30. The van der Waals surface area contributed by atoms with Crippen LogP contribution in [-0.4, -0.2) is 20.3 Å². The normalized spacial score (nSPS) is 11.0. The van der Waals surface area contributed by atoms with E-state index in [1.807, 2.05) is 66.3 Å². The molecule has 0 spiro atoms. The Bertz CT molecular complexity index is 1060. The number of aryl methyl sites for hydroxylation is 2. The number of amides is 1. The van der Waals surface area contributed by atoms with Gasteiger partial charge in [0.1, 0.15) is 5.69 Å². The lowest BCUT2D eigenvalue weighted by atomic mass is 10.2. The van der Waals surface area contributed by atoms with Gasteiger partial charge in [0, 0.05) is 31.4 Å². The van der Waals surface area contributed by atoms with Crippen LogP contribution in [0.3, 0.4) is 0 Å². The van der Waals surface area contributed by atoms with Crippen molar-refractivity contribution in [2.24, 2.45) is 7.05 Å². The number of carbonyl (C=O) groups is 1. The maximum Gasteiger partial charge on any atom is 0.268 e. The Kier molecular flexibility index (Phi) is 4.05. The molecule has 130 valence electrons. The van der Waals surface area contributed by atoms with Crippen LogP contribution < -0.4 is 5.32 Å². The Balaban J connectivity index is 1.49. The smallest absolute Gasteiger partial charge is 0.268 e. The summed E-state index contributed by atoms with van der Waals surface area (Å²) in [6, 6.07) is 17.9. The van der Waals surface area contributed by atoms with E-state index in [2.05, 4.69) is 23.4 Å². The van der Waals surface area contributed by atoms with E-state index < -0.39 is 0 Å². The minimum atomic E-state index is -0.0701. The molecule has 0 atom stereocenters. The Hall–Kier alpha value is -3.34. The molecule has 1 amide bonds. The molecule has 26 heavy (non-hydrogen) atoms. The van der Waals surface area contributed by atoms with Crippen LogP contribution >= 0.6 is 0 Å². The molecule has 0 radical (unpaired) electrons. The number of hydrogen-bond donors (Lipinski definition) is 1. The zero-order chi connectivity index (χ0) is 18.1. The Morgan fingerprint density at radius 2 is 1.92 bits per heavy atom. The van der Waals surface area contributed by atoms with E-state index in [1.54, 1.807) is 10.9 Å². The standard InChI is InChI=1S/C21H20N4O/c1-15-5-3-6-17-13-19(24(2)20(15)17)21(26)22-14-16-7-9-18(10-8-16)25-12-4-11-23-25/h3-13H,14H2,1-2H3,(H,22,26). The second-order valence-corrected chi connectivity index (χ2v) is 6.40. The molecule has 2 heterocycles. The summed E-state index contributed by atoms with van der Waals surface area (Å²) in [6.45, 7) is 2.55. The van der Waals surface area contributed by atoms with Crippen molar-refractivity contribution in [1.29, 1.82) is 0 Å². The average molecular weight is 344 g/mol. The molecule has 1 N–H and O–H groups in total. The molecule has 0 fully saturated rings. The highest BCUT2D eigenvalue weighted by atomic mass is 16.1. The van der Waals surface area contributed by atoms with Crippen LogP contribution in [0.4, 0.5) is 0 Å². The first-order valence-electron chi connectivity index (χ1n) is 8.56. The van der Waals surface area contributed by atoms with E-state index in [9.17, 15) is 4.79 Å². The average Bonchev–Trinajstić information content (AvgIpc) is 3.29. The van der Waals surface area contributed by atoms with Crippen molar-refractivity contribution in [1.82, 2.24) is 19.7 Å². The fourth-order valence-corrected chi connectivity index (χ4v) is 3.30. The van der Waals surface area contributed by atoms with E-state index in [1.165, 1.54) is 5.56 Å². The fraction of sp³-hybridized carbons (Fsp3) is 0.143. The zero-order valence-corrected chi connectivity index (χ0v) is 14.8. The minimum Gasteiger partial charge on any atom is -0.347 e. The number of fused-ring (bicyclic) bond motifs is 1. The molecule has 5 heteroatoms. The van der Waals surface area contributed by atoms with E-state index in [0.29, 0.717) is 12.2 Å². The highest BCUT2D eigenvalue weighted by Crippen LogP contribution is 2.22. The van der Waals surface area contributed by atoms with Crippen molar-refractivity contribution >= 4 is 16.8 Å². The second-order valence-electron chi connectivity index (χ2n) is 6.40. The van der Waals surface area contributed by atoms with Gasteiger partial charge in [-0.25, -0.2) is 4.68 Å². The molecule has 0 unspecified atom stereocenters. The number of nitrogens with one attached hydrogen (secondary N) is 1. The summed E-state index contributed by atoms with van der Waals surface area (Å²) in [5.74, 6) is -0.0701. The SMILES string of the molecule is Cc1cccc2cc(C(=O)NCc3ccc(-n4cccn4)cc3)n(C)c12. The monoisotopic (exact) mass is 344 g/mol. The van der Waals surface area contributed by atoms with E-state index in [-0.39, 0.29) is 5.91 Å². The Morgan fingerprint density at radius 3 is 2.62 bits per heavy atom. The first-order valence-corrected chi connectivity index (χ1v) is 8.56. The molecule has 4 aromatic rings. The Labute approximate surface area is 151 Å². The molecule has 2 aromatic carbocycles. The van der Waals surface area contributed by atoms with E-state index in [4.69, 9.17) is 0 Å². The van der Waals surface area contributed by atoms with Crippen LogP contribution in [0.25, 0.3) is 16.6 Å². The van der Waals surface area contributed by atoms with Crippen molar-refractivity contribution in [3.05, 3.63) is 83.8 Å². The van der Waals surface area contributed by atoms with Gasteiger partial charge in [0.25, 0.3) is 5.91 Å². The first kappa shape index (κ1) is 16.1. The van der Waals surface area contributed by atoms with Gasteiger partial charge in [-0.15, -0.1) is 0 Å². The maximum atomic E-state index is 12.6. The number of para-hydroxylation sites is 1. The van der Waals surface area contributed by atoms with Gasteiger partial charge in [0.2, 0.25) is 0 Å². The quantitative estimate of drug-likeness (QED) is 0.615. The van der Waals surface area contributed by atoms with Crippen LogP contribution in [0, 0.1) is 6.92 Å². The number of benzene rings is 2. The van der Waals surface area contributed by atoms with Gasteiger partial charge in [-0.05, 0) is 42.3 Å². The lowest BCUT2D eigenvalue weighted by Gasteiger charge is -2.08. The predicted molar refractivity (Wildman–Crippen MR) is 102 cm³/mol. The van der Waals surface area contributed by atoms with Crippen LogP contribution in [0.15, 0.2) is 67.0 Å². The lowest BCUT2D eigenvalue weighted by molar-refractivity contribution is 0.0943. The third-order valence-corrected chi connectivity index (χ3v) is 4.65. The number of aromatic nitrogens is 3. The van der Waals surface area contributed by atoms with Crippen molar-refractivity contribution in [3.63, 3.8) is 0 Å². The largest absolute Gasteiger partial charge is 0.347 e. The highest BCUT2D eigenvalue weighted by Gasteiger charge is 2.14. The molecule has 4 rings (SSSR count). The molecule has 5 nitrogen and oxygen atoms in total. The van der Waals surface area contributed by atoms with Crippen molar-refractivity contribution in [2.75, 3.05) is 0 Å². The number of hydrogen-bond acceptors (Lipinski definition) is 2.